The van der Waals surface area contributed by atoms with Crippen molar-refractivity contribution < 1.29 is 18.7 Å². The number of hydrogen-bond acceptors (Lipinski definition) is 3. The first kappa shape index (κ1) is 16.7. The normalized spacial score (nSPS) is 10.2. The third-order valence-corrected chi connectivity index (χ3v) is 3.29. The van der Waals surface area contributed by atoms with E-state index in [2.05, 4.69) is 5.32 Å². The minimum absolute atomic E-state index is 0.104. The Balaban J connectivity index is 1.80. The molecule has 2 aromatic rings. The minimum atomic E-state index is -0.509. The summed E-state index contributed by atoms with van der Waals surface area (Å²) in [4.78, 5) is 23.4. The van der Waals surface area contributed by atoms with Gasteiger partial charge >= 0.3 is 5.97 Å². The molecule has 0 atom stereocenters. The van der Waals surface area contributed by atoms with Crippen LogP contribution in [-0.4, -0.2) is 18.5 Å². The largest absolute Gasteiger partial charge is 0.455 e. The Hall–Kier alpha value is -2.69. The lowest BCUT2D eigenvalue weighted by atomic mass is 10.1. The van der Waals surface area contributed by atoms with E-state index in [0.717, 1.165) is 11.1 Å². The lowest BCUT2D eigenvalue weighted by Crippen LogP contribution is -2.21. The number of amides is 1. The summed E-state index contributed by atoms with van der Waals surface area (Å²) in [6.45, 7) is 3.19. The van der Waals surface area contributed by atoms with Gasteiger partial charge in [-0.1, -0.05) is 35.9 Å². The van der Waals surface area contributed by atoms with Crippen molar-refractivity contribution in [3.8, 4) is 0 Å². The molecule has 5 heteroatoms. The molecule has 0 aromatic heterocycles. The standard InChI is InChI=1S/C18H18FNO3/c1-12-3-6-14(7-4-12)9-18(22)23-11-17(21)20-15-8-5-13(2)16(19)10-15/h3-8,10H,9,11H2,1-2H3,(H,20,21). The number of nitrogens with one attached hydrogen (secondary N) is 1. The fourth-order valence-electron chi connectivity index (χ4n) is 1.94. The van der Waals surface area contributed by atoms with E-state index in [0.29, 0.717) is 11.3 Å². The Morgan fingerprint density at radius 2 is 1.78 bits per heavy atom. The highest BCUT2D eigenvalue weighted by molar-refractivity contribution is 5.92. The van der Waals surface area contributed by atoms with E-state index in [1.807, 2.05) is 31.2 Å². The molecule has 0 bridgehead atoms. The Kier molecular flexibility index (Phi) is 5.46. The zero-order valence-electron chi connectivity index (χ0n) is 13.1. The van der Waals surface area contributed by atoms with Crippen molar-refractivity contribution >= 4 is 17.6 Å². The lowest BCUT2D eigenvalue weighted by Gasteiger charge is -2.07. The van der Waals surface area contributed by atoms with E-state index >= 15 is 0 Å². The first-order valence-corrected chi connectivity index (χ1v) is 7.21. The molecular weight excluding hydrogens is 297 g/mol. The first-order valence-electron chi connectivity index (χ1n) is 7.21. The van der Waals surface area contributed by atoms with Gasteiger partial charge in [0.25, 0.3) is 5.91 Å². The van der Waals surface area contributed by atoms with Crippen LogP contribution in [0.15, 0.2) is 42.5 Å². The van der Waals surface area contributed by atoms with E-state index in [1.165, 1.54) is 6.07 Å². The van der Waals surface area contributed by atoms with Crippen molar-refractivity contribution in [1.29, 1.82) is 0 Å². The van der Waals surface area contributed by atoms with Gasteiger partial charge in [0, 0.05) is 5.69 Å². The molecule has 0 radical (unpaired) electrons. The maximum atomic E-state index is 13.4. The van der Waals surface area contributed by atoms with E-state index in [9.17, 15) is 14.0 Å². The van der Waals surface area contributed by atoms with Crippen molar-refractivity contribution in [2.24, 2.45) is 0 Å². The molecule has 4 nitrogen and oxygen atoms in total. The molecule has 0 fully saturated rings. The van der Waals surface area contributed by atoms with Crippen molar-refractivity contribution in [3.05, 3.63) is 65.0 Å². The van der Waals surface area contributed by atoms with Crippen molar-refractivity contribution in [2.75, 3.05) is 11.9 Å². The summed E-state index contributed by atoms with van der Waals surface area (Å²) >= 11 is 0. The van der Waals surface area contributed by atoms with Crippen LogP contribution in [0, 0.1) is 19.7 Å². The van der Waals surface area contributed by atoms with Gasteiger partial charge in [0.2, 0.25) is 0 Å². The third-order valence-electron chi connectivity index (χ3n) is 3.29. The van der Waals surface area contributed by atoms with Crippen LogP contribution < -0.4 is 5.32 Å². The Morgan fingerprint density at radius 1 is 1.09 bits per heavy atom. The molecule has 2 aromatic carbocycles. The van der Waals surface area contributed by atoms with Gasteiger partial charge in [-0.15, -0.1) is 0 Å². The van der Waals surface area contributed by atoms with Crippen LogP contribution in [0.3, 0.4) is 0 Å². The molecule has 1 amide bonds. The summed E-state index contributed by atoms with van der Waals surface area (Å²) in [7, 11) is 0. The molecule has 120 valence electrons. The van der Waals surface area contributed by atoms with Crippen molar-refractivity contribution in [3.63, 3.8) is 0 Å². The summed E-state index contributed by atoms with van der Waals surface area (Å²) in [5, 5.41) is 2.48. The number of aryl methyl sites for hydroxylation is 2. The van der Waals surface area contributed by atoms with Gasteiger partial charge in [-0.3, -0.25) is 9.59 Å². The highest BCUT2D eigenvalue weighted by Gasteiger charge is 2.09. The van der Waals surface area contributed by atoms with Crippen LogP contribution in [0.5, 0.6) is 0 Å². The number of anilines is 1. The second-order valence-electron chi connectivity index (χ2n) is 5.34. The van der Waals surface area contributed by atoms with E-state index in [-0.39, 0.29) is 6.42 Å². The number of hydrogen-bond donors (Lipinski definition) is 1. The zero-order chi connectivity index (χ0) is 16.8. The van der Waals surface area contributed by atoms with Gasteiger partial charge in [-0.2, -0.15) is 0 Å². The smallest absolute Gasteiger partial charge is 0.310 e. The maximum Gasteiger partial charge on any atom is 0.310 e. The molecule has 1 N–H and O–H groups in total. The second kappa shape index (κ2) is 7.54. The first-order chi connectivity index (χ1) is 10.9. The zero-order valence-corrected chi connectivity index (χ0v) is 13.1. The minimum Gasteiger partial charge on any atom is -0.455 e. The Bertz CT molecular complexity index is 711. The molecule has 0 saturated carbocycles. The SMILES string of the molecule is Cc1ccc(CC(=O)OCC(=O)Nc2ccc(C)c(F)c2)cc1. The number of ether oxygens (including phenoxy) is 1. The number of halogens is 1. The van der Waals surface area contributed by atoms with Crippen molar-refractivity contribution in [1.82, 2.24) is 0 Å². The van der Waals surface area contributed by atoms with Crippen LogP contribution in [0.1, 0.15) is 16.7 Å². The second-order valence-corrected chi connectivity index (χ2v) is 5.34. The number of carbonyl (C=O) groups is 2. The maximum absolute atomic E-state index is 13.4. The Labute approximate surface area is 134 Å². The monoisotopic (exact) mass is 315 g/mol. The number of rotatable bonds is 5. The summed E-state index contributed by atoms with van der Waals surface area (Å²) in [6.07, 6.45) is 0.104. The summed E-state index contributed by atoms with van der Waals surface area (Å²) in [5.41, 5.74) is 2.74. The van der Waals surface area contributed by atoms with Crippen molar-refractivity contribution in [2.45, 2.75) is 20.3 Å². The molecular formula is C18H18FNO3. The highest BCUT2D eigenvalue weighted by Crippen LogP contribution is 2.13. The molecule has 0 saturated heterocycles. The molecule has 0 aliphatic heterocycles. The fraction of sp³-hybridized carbons (Fsp3) is 0.222. The van der Waals surface area contributed by atoms with E-state index in [1.54, 1.807) is 19.1 Å². The van der Waals surface area contributed by atoms with E-state index < -0.39 is 24.3 Å². The molecule has 0 heterocycles. The number of benzene rings is 2. The fourth-order valence-corrected chi connectivity index (χ4v) is 1.94. The van der Waals surface area contributed by atoms with Crippen LogP contribution >= 0.6 is 0 Å². The highest BCUT2D eigenvalue weighted by atomic mass is 19.1. The number of carbonyl (C=O) groups excluding carboxylic acids is 2. The van der Waals surface area contributed by atoms with Gasteiger partial charge in [-0.25, -0.2) is 4.39 Å². The van der Waals surface area contributed by atoms with Gasteiger partial charge in [0.05, 0.1) is 6.42 Å². The predicted molar refractivity (Wildman–Crippen MR) is 85.6 cm³/mol. The van der Waals surface area contributed by atoms with Gasteiger partial charge in [0.1, 0.15) is 5.82 Å². The van der Waals surface area contributed by atoms with Crippen LogP contribution in [0.2, 0.25) is 0 Å². The number of esters is 1. The average Bonchev–Trinajstić information content (AvgIpc) is 2.51. The summed E-state index contributed by atoms with van der Waals surface area (Å²) < 4.78 is 18.3. The Morgan fingerprint density at radius 3 is 2.43 bits per heavy atom. The molecule has 0 unspecified atom stereocenters. The van der Waals surface area contributed by atoms with Gasteiger partial charge in [-0.05, 0) is 37.1 Å². The van der Waals surface area contributed by atoms with E-state index in [4.69, 9.17) is 4.74 Å². The van der Waals surface area contributed by atoms with Gasteiger partial charge < -0.3 is 10.1 Å². The summed E-state index contributed by atoms with van der Waals surface area (Å²) in [5.74, 6) is -1.40. The van der Waals surface area contributed by atoms with Crippen LogP contribution in [0.25, 0.3) is 0 Å². The molecule has 0 aliphatic carbocycles. The molecule has 2 rings (SSSR count). The van der Waals surface area contributed by atoms with Crippen LogP contribution in [0.4, 0.5) is 10.1 Å². The lowest BCUT2D eigenvalue weighted by molar-refractivity contribution is -0.146. The summed E-state index contributed by atoms with van der Waals surface area (Å²) in [6, 6.07) is 11.9. The molecule has 23 heavy (non-hydrogen) atoms. The topological polar surface area (TPSA) is 55.4 Å². The average molecular weight is 315 g/mol. The van der Waals surface area contributed by atoms with Gasteiger partial charge in [0.15, 0.2) is 6.61 Å². The van der Waals surface area contributed by atoms with Crippen LogP contribution in [-0.2, 0) is 20.7 Å². The third kappa shape index (κ3) is 5.21. The molecule has 0 spiro atoms. The quantitative estimate of drug-likeness (QED) is 0.862. The predicted octanol–water partition coefficient (Wildman–Crippen LogP) is 3.17. The molecule has 0 aliphatic rings.